The Labute approximate surface area is 126 Å². The van der Waals surface area contributed by atoms with E-state index in [-0.39, 0.29) is 12.3 Å². The molecule has 1 rings (SSSR count). The van der Waals surface area contributed by atoms with Crippen molar-refractivity contribution in [3.63, 3.8) is 0 Å². The van der Waals surface area contributed by atoms with Crippen LogP contribution in [-0.4, -0.2) is 41.5 Å². The van der Waals surface area contributed by atoms with E-state index in [9.17, 15) is 8.42 Å². The van der Waals surface area contributed by atoms with E-state index in [1.165, 1.54) is 0 Å². The van der Waals surface area contributed by atoms with Crippen LogP contribution < -0.4 is 19.5 Å². The van der Waals surface area contributed by atoms with Gasteiger partial charge in [-0.15, -0.1) is 0 Å². The highest BCUT2D eigenvalue weighted by atomic mass is 32.2. The summed E-state index contributed by atoms with van der Waals surface area (Å²) in [6.45, 7) is 3.50. The van der Waals surface area contributed by atoms with Gasteiger partial charge in [0.15, 0.2) is 0 Å². The van der Waals surface area contributed by atoms with Crippen LogP contribution in [0.1, 0.15) is 18.9 Å². The normalized spacial score (nSPS) is 11.4. The second kappa shape index (κ2) is 8.86. The van der Waals surface area contributed by atoms with Crippen LogP contribution in [0.25, 0.3) is 0 Å². The van der Waals surface area contributed by atoms with Crippen LogP contribution in [0.4, 0.5) is 0 Å². The number of rotatable bonds is 10. The lowest BCUT2D eigenvalue weighted by Gasteiger charge is -2.12. The van der Waals surface area contributed by atoms with Crippen molar-refractivity contribution in [2.24, 2.45) is 0 Å². The summed E-state index contributed by atoms with van der Waals surface area (Å²) in [5.74, 6) is 1.33. The van der Waals surface area contributed by atoms with Crippen molar-refractivity contribution < 1.29 is 17.9 Å². The summed E-state index contributed by atoms with van der Waals surface area (Å²) >= 11 is 0. The Morgan fingerprint density at radius 1 is 1.14 bits per heavy atom. The SMILES string of the molecule is CCCNCCS(=O)(=O)NCc1ccc(OC)cc1OC. The molecular formula is C14H24N2O4S. The van der Waals surface area contributed by atoms with Gasteiger partial charge in [0.1, 0.15) is 11.5 Å². The van der Waals surface area contributed by atoms with Gasteiger partial charge in [-0.05, 0) is 19.0 Å². The fourth-order valence-corrected chi connectivity index (χ4v) is 2.70. The number of benzene rings is 1. The van der Waals surface area contributed by atoms with Gasteiger partial charge in [-0.25, -0.2) is 13.1 Å². The van der Waals surface area contributed by atoms with Crippen molar-refractivity contribution >= 4 is 10.0 Å². The minimum absolute atomic E-state index is 0.0610. The first kappa shape index (κ1) is 17.7. The van der Waals surface area contributed by atoms with Gasteiger partial charge in [-0.3, -0.25) is 0 Å². The van der Waals surface area contributed by atoms with E-state index in [0.717, 1.165) is 18.5 Å². The van der Waals surface area contributed by atoms with Gasteiger partial charge in [0.2, 0.25) is 10.0 Å². The maximum atomic E-state index is 11.9. The van der Waals surface area contributed by atoms with Gasteiger partial charge in [0.25, 0.3) is 0 Å². The molecule has 0 radical (unpaired) electrons. The summed E-state index contributed by atoms with van der Waals surface area (Å²) in [4.78, 5) is 0. The number of methoxy groups -OCH3 is 2. The van der Waals surface area contributed by atoms with Crippen LogP contribution in [-0.2, 0) is 16.6 Å². The Morgan fingerprint density at radius 3 is 2.52 bits per heavy atom. The Morgan fingerprint density at radius 2 is 1.90 bits per heavy atom. The first-order valence-electron chi connectivity index (χ1n) is 6.91. The van der Waals surface area contributed by atoms with Gasteiger partial charge in [-0.2, -0.15) is 0 Å². The van der Waals surface area contributed by atoms with E-state index in [1.54, 1.807) is 32.4 Å². The van der Waals surface area contributed by atoms with Gasteiger partial charge < -0.3 is 14.8 Å². The zero-order chi connectivity index (χ0) is 15.7. The highest BCUT2D eigenvalue weighted by Crippen LogP contribution is 2.24. The number of hydrogen-bond donors (Lipinski definition) is 2. The van der Waals surface area contributed by atoms with Gasteiger partial charge in [-0.1, -0.05) is 13.0 Å². The summed E-state index contributed by atoms with van der Waals surface area (Å²) < 4.78 is 36.7. The summed E-state index contributed by atoms with van der Waals surface area (Å²) in [6.07, 6.45) is 0.983. The quantitative estimate of drug-likeness (QED) is 0.633. The molecule has 0 aliphatic rings. The van der Waals surface area contributed by atoms with E-state index in [1.807, 2.05) is 6.92 Å². The van der Waals surface area contributed by atoms with Crippen LogP contribution >= 0.6 is 0 Å². The predicted molar refractivity (Wildman–Crippen MR) is 83.3 cm³/mol. The predicted octanol–water partition coefficient (Wildman–Crippen LogP) is 1.12. The minimum Gasteiger partial charge on any atom is -0.497 e. The molecule has 1 aromatic carbocycles. The third-order valence-electron chi connectivity index (χ3n) is 2.95. The third-order valence-corrected chi connectivity index (χ3v) is 4.28. The van der Waals surface area contributed by atoms with E-state index in [4.69, 9.17) is 9.47 Å². The molecule has 0 saturated carbocycles. The van der Waals surface area contributed by atoms with Gasteiger partial charge in [0.05, 0.1) is 20.0 Å². The lowest BCUT2D eigenvalue weighted by atomic mass is 10.2. The molecule has 2 N–H and O–H groups in total. The van der Waals surface area contributed by atoms with Crippen molar-refractivity contribution in [2.75, 3.05) is 33.1 Å². The topological polar surface area (TPSA) is 76.7 Å². The molecule has 21 heavy (non-hydrogen) atoms. The largest absolute Gasteiger partial charge is 0.497 e. The molecule has 0 atom stereocenters. The second-order valence-electron chi connectivity index (χ2n) is 4.57. The van der Waals surface area contributed by atoms with E-state index >= 15 is 0 Å². The van der Waals surface area contributed by atoms with Crippen molar-refractivity contribution in [3.8, 4) is 11.5 Å². The molecule has 120 valence electrons. The van der Waals surface area contributed by atoms with Gasteiger partial charge in [0, 0.05) is 24.7 Å². The standard InChI is InChI=1S/C14H24N2O4S/c1-4-7-15-8-9-21(17,18)16-11-12-5-6-13(19-2)10-14(12)20-3/h5-6,10,15-16H,4,7-9,11H2,1-3H3. The maximum absolute atomic E-state index is 11.9. The average molecular weight is 316 g/mol. The van der Waals surface area contributed by atoms with Crippen LogP contribution in [0.5, 0.6) is 11.5 Å². The molecule has 1 aromatic rings. The van der Waals surface area contributed by atoms with Crippen molar-refractivity contribution in [2.45, 2.75) is 19.9 Å². The molecule has 0 spiro atoms. The smallest absolute Gasteiger partial charge is 0.213 e. The van der Waals surface area contributed by atoms with Crippen LogP contribution in [0.15, 0.2) is 18.2 Å². The second-order valence-corrected chi connectivity index (χ2v) is 6.49. The fourth-order valence-electron chi connectivity index (χ4n) is 1.77. The zero-order valence-electron chi connectivity index (χ0n) is 12.8. The molecule has 0 unspecified atom stereocenters. The minimum atomic E-state index is -3.30. The number of ether oxygens (including phenoxy) is 2. The zero-order valence-corrected chi connectivity index (χ0v) is 13.6. The number of nitrogens with one attached hydrogen (secondary N) is 2. The molecule has 0 bridgehead atoms. The van der Waals surface area contributed by atoms with Crippen LogP contribution in [0.3, 0.4) is 0 Å². The molecule has 0 heterocycles. The molecule has 7 heteroatoms. The molecular weight excluding hydrogens is 292 g/mol. The molecule has 0 aliphatic heterocycles. The molecule has 0 fully saturated rings. The fraction of sp³-hybridized carbons (Fsp3) is 0.571. The van der Waals surface area contributed by atoms with Crippen LogP contribution in [0.2, 0.25) is 0 Å². The maximum Gasteiger partial charge on any atom is 0.213 e. The summed E-state index contributed by atoms with van der Waals surface area (Å²) in [5, 5.41) is 3.07. The number of hydrogen-bond acceptors (Lipinski definition) is 5. The lowest BCUT2D eigenvalue weighted by molar-refractivity contribution is 0.390. The highest BCUT2D eigenvalue weighted by molar-refractivity contribution is 7.89. The summed E-state index contributed by atoms with van der Waals surface area (Å²) in [7, 11) is -0.187. The molecule has 0 aromatic heterocycles. The van der Waals surface area contributed by atoms with E-state index < -0.39 is 10.0 Å². The summed E-state index contributed by atoms with van der Waals surface area (Å²) in [5.41, 5.74) is 0.767. The molecule has 0 saturated heterocycles. The first-order chi connectivity index (χ1) is 10.0. The Bertz CT molecular complexity index is 532. The first-order valence-corrected chi connectivity index (χ1v) is 8.56. The Balaban J connectivity index is 2.57. The molecule has 6 nitrogen and oxygen atoms in total. The van der Waals surface area contributed by atoms with Crippen molar-refractivity contribution in [1.29, 1.82) is 0 Å². The third kappa shape index (κ3) is 6.33. The monoisotopic (exact) mass is 316 g/mol. The Hall–Kier alpha value is -1.31. The number of sulfonamides is 1. The summed E-state index contributed by atoms with van der Waals surface area (Å²) in [6, 6.07) is 5.29. The molecule has 0 amide bonds. The van der Waals surface area contributed by atoms with Crippen molar-refractivity contribution in [3.05, 3.63) is 23.8 Å². The molecule has 0 aliphatic carbocycles. The lowest BCUT2D eigenvalue weighted by Crippen LogP contribution is -2.32. The highest BCUT2D eigenvalue weighted by Gasteiger charge is 2.12. The van der Waals surface area contributed by atoms with Gasteiger partial charge >= 0.3 is 0 Å². The van der Waals surface area contributed by atoms with Crippen molar-refractivity contribution in [1.82, 2.24) is 10.0 Å². The Kier molecular flexibility index (Phi) is 7.49. The van der Waals surface area contributed by atoms with E-state index in [0.29, 0.717) is 18.0 Å². The average Bonchev–Trinajstić information content (AvgIpc) is 2.49. The van der Waals surface area contributed by atoms with E-state index in [2.05, 4.69) is 10.0 Å². The van der Waals surface area contributed by atoms with Crippen LogP contribution in [0, 0.1) is 0 Å².